The molecule has 0 aliphatic heterocycles. The highest BCUT2D eigenvalue weighted by Gasteiger charge is 2.21. The molecule has 12 heteroatoms. The molecule has 4 aromatic rings. The van der Waals surface area contributed by atoms with E-state index in [0.717, 1.165) is 17.0 Å². The highest BCUT2D eigenvalue weighted by molar-refractivity contribution is 6.32. The van der Waals surface area contributed by atoms with Gasteiger partial charge in [-0.15, -0.1) is 0 Å². The predicted molar refractivity (Wildman–Crippen MR) is 118 cm³/mol. The molecule has 0 atom stereocenters. The zero-order chi connectivity index (χ0) is 24.6. The Bertz CT molecular complexity index is 1480. The number of ketones is 1. The van der Waals surface area contributed by atoms with Crippen molar-refractivity contribution in [2.24, 2.45) is 0 Å². The van der Waals surface area contributed by atoms with Crippen LogP contribution in [0.2, 0.25) is 5.02 Å². The van der Waals surface area contributed by atoms with Gasteiger partial charge in [-0.2, -0.15) is 0 Å². The molecule has 1 N–H and O–H groups in total. The van der Waals surface area contributed by atoms with Gasteiger partial charge in [-0.25, -0.2) is 28.1 Å². The largest absolute Gasteiger partial charge is 0.496 e. The van der Waals surface area contributed by atoms with Crippen LogP contribution in [0.25, 0.3) is 16.9 Å². The molecule has 0 fully saturated rings. The molecule has 9 nitrogen and oxygen atoms in total. The highest BCUT2D eigenvalue weighted by atomic mass is 35.5. The summed E-state index contributed by atoms with van der Waals surface area (Å²) in [7, 11) is 2.68. The van der Waals surface area contributed by atoms with Crippen LogP contribution in [-0.4, -0.2) is 39.5 Å². The van der Waals surface area contributed by atoms with Gasteiger partial charge in [0.2, 0.25) is 0 Å². The minimum Gasteiger partial charge on any atom is -0.496 e. The summed E-state index contributed by atoms with van der Waals surface area (Å²) in [4.78, 5) is 35.2. The Morgan fingerprint density at radius 3 is 2.53 bits per heavy atom. The van der Waals surface area contributed by atoms with Crippen molar-refractivity contribution in [2.45, 2.75) is 13.5 Å². The molecule has 0 spiro atoms. The number of H-pyrrole nitrogens is 1. The number of aromatic amines is 1. The van der Waals surface area contributed by atoms with Crippen molar-refractivity contribution < 1.29 is 27.8 Å². The lowest BCUT2D eigenvalue weighted by Gasteiger charge is -2.16. The smallest absolute Gasteiger partial charge is 0.332 e. The number of imidazole rings is 1. The fourth-order valence-corrected chi connectivity index (χ4v) is 3.67. The molecule has 2 heterocycles. The average Bonchev–Trinajstić information content (AvgIpc) is 3.15. The lowest BCUT2D eigenvalue weighted by molar-refractivity contribution is 0.101. The van der Waals surface area contributed by atoms with E-state index < -0.39 is 23.9 Å². The topological polar surface area (TPSA) is 108 Å². The Hall–Kier alpha value is -3.99. The number of fused-ring (bicyclic) bond motifs is 1. The standard InChI is InChI=1S/C22H17ClF2N4O5/c1-10(30)19-20-21(27-9-26-19)29(22(31)28-20)14-7-17(16(33-3)6-12(14)23)34-8-11-15(32-2)5-4-13(24)18(11)25/h4-7,9H,8H2,1-3H3,(H,28,31). The Balaban J connectivity index is 1.82. The van der Waals surface area contributed by atoms with Gasteiger partial charge in [-0.3, -0.25) is 4.79 Å². The summed E-state index contributed by atoms with van der Waals surface area (Å²) in [5, 5.41) is 0.102. The second kappa shape index (κ2) is 9.10. The van der Waals surface area contributed by atoms with Gasteiger partial charge in [0.1, 0.15) is 29.9 Å². The quantitative estimate of drug-likeness (QED) is 0.392. The van der Waals surface area contributed by atoms with Crippen molar-refractivity contribution >= 4 is 28.5 Å². The van der Waals surface area contributed by atoms with Crippen LogP contribution >= 0.6 is 11.6 Å². The molecular formula is C22H17ClF2N4O5. The van der Waals surface area contributed by atoms with E-state index in [0.29, 0.717) is 0 Å². The Kier molecular flexibility index (Phi) is 6.20. The van der Waals surface area contributed by atoms with E-state index in [2.05, 4.69) is 15.0 Å². The highest BCUT2D eigenvalue weighted by Crippen LogP contribution is 2.37. The molecule has 0 unspecified atom stereocenters. The van der Waals surface area contributed by atoms with Crippen LogP contribution in [0.4, 0.5) is 8.78 Å². The average molecular weight is 491 g/mol. The van der Waals surface area contributed by atoms with Crippen LogP contribution in [0, 0.1) is 11.6 Å². The summed E-state index contributed by atoms with van der Waals surface area (Å²) in [5.74, 6) is -2.19. The first kappa shape index (κ1) is 23.2. The van der Waals surface area contributed by atoms with Crippen molar-refractivity contribution in [3.05, 3.63) is 69.0 Å². The number of rotatable bonds is 7. The number of methoxy groups -OCH3 is 2. The van der Waals surface area contributed by atoms with Crippen LogP contribution in [-0.2, 0) is 6.61 Å². The lowest BCUT2D eigenvalue weighted by Crippen LogP contribution is -2.15. The van der Waals surface area contributed by atoms with E-state index in [4.69, 9.17) is 25.8 Å². The zero-order valence-corrected chi connectivity index (χ0v) is 18.9. The normalized spacial score (nSPS) is 11.0. The number of aromatic nitrogens is 4. The molecule has 0 saturated carbocycles. The van der Waals surface area contributed by atoms with E-state index in [9.17, 15) is 18.4 Å². The maximum Gasteiger partial charge on any atom is 0.332 e. The first-order valence-corrected chi connectivity index (χ1v) is 10.1. The molecule has 0 saturated heterocycles. The Morgan fingerprint density at radius 1 is 1.12 bits per heavy atom. The molecule has 4 rings (SSSR count). The first-order chi connectivity index (χ1) is 16.3. The van der Waals surface area contributed by atoms with Gasteiger partial charge in [-0.1, -0.05) is 11.6 Å². The predicted octanol–water partition coefficient (Wildman–Crippen LogP) is 3.84. The second-order valence-electron chi connectivity index (χ2n) is 7.03. The van der Waals surface area contributed by atoms with Crippen molar-refractivity contribution in [3.8, 4) is 22.9 Å². The first-order valence-electron chi connectivity index (χ1n) is 9.75. The number of carbonyl (C=O) groups is 1. The number of carbonyl (C=O) groups excluding carboxylic acids is 1. The summed E-state index contributed by atoms with van der Waals surface area (Å²) in [6.07, 6.45) is 1.15. The van der Waals surface area contributed by atoms with Crippen molar-refractivity contribution in [3.63, 3.8) is 0 Å². The third-order valence-corrected chi connectivity index (χ3v) is 5.33. The minimum absolute atomic E-state index is 0.0376. The van der Waals surface area contributed by atoms with E-state index in [1.165, 1.54) is 39.3 Å². The minimum atomic E-state index is -1.12. The molecular weight excluding hydrogens is 474 g/mol. The molecule has 0 aliphatic rings. The van der Waals surface area contributed by atoms with Gasteiger partial charge in [0.15, 0.2) is 34.6 Å². The Labute approximate surface area is 195 Å². The lowest BCUT2D eigenvalue weighted by atomic mass is 10.2. The summed E-state index contributed by atoms with van der Waals surface area (Å²) in [5.41, 5.74) is -0.343. The fourth-order valence-electron chi connectivity index (χ4n) is 3.43. The van der Waals surface area contributed by atoms with Gasteiger partial charge in [0.05, 0.1) is 30.5 Å². The van der Waals surface area contributed by atoms with Crippen LogP contribution in [0.1, 0.15) is 23.0 Å². The number of halogens is 3. The summed E-state index contributed by atoms with van der Waals surface area (Å²) in [6, 6.07) is 5.00. The number of hydrogen-bond donors (Lipinski definition) is 1. The number of Topliss-reactive ketones (excluding diaryl/α,β-unsaturated/α-hetero) is 1. The molecule has 2 aromatic carbocycles. The van der Waals surface area contributed by atoms with Crippen LogP contribution in [0.15, 0.2) is 35.4 Å². The molecule has 0 aliphatic carbocycles. The van der Waals surface area contributed by atoms with Crippen molar-refractivity contribution in [2.75, 3.05) is 14.2 Å². The van der Waals surface area contributed by atoms with Crippen LogP contribution in [0.3, 0.4) is 0 Å². The Morgan fingerprint density at radius 2 is 1.85 bits per heavy atom. The maximum absolute atomic E-state index is 14.4. The van der Waals surface area contributed by atoms with E-state index in [1.54, 1.807) is 0 Å². The number of nitrogens with zero attached hydrogens (tertiary/aromatic N) is 3. The second-order valence-corrected chi connectivity index (χ2v) is 7.44. The van der Waals surface area contributed by atoms with Gasteiger partial charge in [0.25, 0.3) is 0 Å². The van der Waals surface area contributed by atoms with Crippen LogP contribution in [0.5, 0.6) is 17.2 Å². The van der Waals surface area contributed by atoms with Crippen molar-refractivity contribution in [1.29, 1.82) is 0 Å². The van der Waals surface area contributed by atoms with Crippen LogP contribution < -0.4 is 19.9 Å². The van der Waals surface area contributed by atoms with Gasteiger partial charge < -0.3 is 19.2 Å². The monoisotopic (exact) mass is 490 g/mol. The summed E-state index contributed by atoms with van der Waals surface area (Å²) in [6.45, 7) is 0.896. The van der Waals surface area contributed by atoms with E-state index in [-0.39, 0.29) is 56.2 Å². The van der Waals surface area contributed by atoms with Gasteiger partial charge >= 0.3 is 5.69 Å². The van der Waals surface area contributed by atoms with E-state index >= 15 is 0 Å². The summed E-state index contributed by atoms with van der Waals surface area (Å²) >= 11 is 6.41. The van der Waals surface area contributed by atoms with Crippen molar-refractivity contribution in [1.82, 2.24) is 19.5 Å². The fraction of sp³-hybridized carbons (Fsp3) is 0.182. The number of benzene rings is 2. The molecule has 2 aromatic heterocycles. The molecule has 0 amide bonds. The number of ether oxygens (including phenoxy) is 3. The molecule has 176 valence electrons. The third kappa shape index (κ3) is 3.94. The molecule has 0 bridgehead atoms. The number of hydrogen-bond acceptors (Lipinski definition) is 7. The van der Waals surface area contributed by atoms with Gasteiger partial charge in [-0.05, 0) is 12.1 Å². The SMILES string of the molecule is COc1cc(Cl)c(-n2c(=O)[nH]c3c(C(C)=O)ncnc32)cc1OCc1c(OC)ccc(F)c1F. The van der Waals surface area contributed by atoms with E-state index in [1.807, 2.05) is 0 Å². The molecule has 34 heavy (non-hydrogen) atoms. The number of nitrogens with one attached hydrogen (secondary N) is 1. The maximum atomic E-state index is 14.4. The zero-order valence-electron chi connectivity index (χ0n) is 18.1. The summed E-state index contributed by atoms with van der Waals surface area (Å²) < 4.78 is 45.3. The third-order valence-electron chi connectivity index (χ3n) is 5.03. The molecule has 0 radical (unpaired) electrons. The van der Waals surface area contributed by atoms with Gasteiger partial charge in [0, 0.05) is 19.1 Å².